The fourth-order valence-electron chi connectivity index (χ4n) is 3.43. The Bertz CT molecular complexity index is 748. The van der Waals surface area contributed by atoms with Gasteiger partial charge >= 0.3 is 0 Å². The van der Waals surface area contributed by atoms with E-state index in [1.165, 1.54) is 52.7 Å². The van der Waals surface area contributed by atoms with Gasteiger partial charge in [-0.1, -0.05) is 0 Å². The Morgan fingerprint density at radius 1 is 1.15 bits per heavy atom. The standard InChI is InChI=1S/C19H22FN3O2S/c20-14-4-6-15(7-5-14)25-13-19(24)23-10-8-22(9-11-23)12-18-21-16-2-1-3-17(16)26-18/h4-7H,1-3,8-13H2. The average Bonchev–Trinajstić information content (AvgIpc) is 3.23. The molecule has 1 amide bonds. The molecule has 0 radical (unpaired) electrons. The first-order chi connectivity index (χ1) is 12.7. The number of aryl methyl sites for hydroxylation is 2. The number of aromatic nitrogens is 1. The highest BCUT2D eigenvalue weighted by Crippen LogP contribution is 2.28. The molecule has 2 heterocycles. The summed E-state index contributed by atoms with van der Waals surface area (Å²) >= 11 is 1.85. The number of hydrogen-bond acceptors (Lipinski definition) is 5. The van der Waals surface area contributed by atoms with Crippen LogP contribution >= 0.6 is 11.3 Å². The van der Waals surface area contributed by atoms with Crippen molar-refractivity contribution < 1.29 is 13.9 Å². The number of carbonyl (C=O) groups excluding carboxylic acids is 1. The number of hydrogen-bond donors (Lipinski definition) is 0. The van der Waals surface area contributed by atoms with Crippen molar-refractivity contribution in [1.82, 2.24) is 14.8 Å². The SMILES string of the molecule is O=C(COc1ccc(F)cc1)N1CCN(Cc2nc3c(s2)CCC3)CC1. The molecule has 0 bridgehead atoms. The molecule has 1 fully saturated rings. The van der Waals surface area contributed by atoms with Crippen LogP contribution in [0.5, 0.6) is 5.75 Å². The first-order valence-electron chi connectivity index (χ1n) is 9.03. The number of halogens is 1. The van der Waals surface area contributed by atoms with E-state index in [1.54, 1.807) is 0 Å². The van der Waals surface area contributed by atoms with Gasteiger partial charge < -0.3 is 9.64 Å². The van der Waals surface area contributed by atoms with Gasteiger partial charge in [0.2, 0.25) is 0 Å². The van der Waals surface area contributed by atoms with Crippen molar-refractivity contribution in [3.05, 3.63) is 45.7 Å². The molecule has 0 atom stereocenters. The molecule has 1 aromatic carbocycles. The van der Waals surface area contributed by atoms with Gasteiger partial charge in [-0.3, -0.25) is 9.69 Å². The van der Waals surface area contributed by atoms with Crippen LogP contribution in [0.25, 0.3) is 0 Å². The van der Waals surface area contributed by atoms with Gasteiger partial charge in [0, 0.05) is 31.1 Å². The zero-order chi connectivity index (χ0) is 17.9. The first-order valence-corrected chi connectivity index (χ1v) is 9.85. The maximum absolute atomic E-state index is 12.9. The summed E-state index contributed by atoms with van der Waals surface area (Å²) in [6.07, 6.45) is 3.56. The first kappa shape index (κ1) is 17.4. The molecule has 0 unspecified atom stereocenters. The van der Waals surface area contributed by atoms with Gasteiger partial charge in [0.15, 0.2) is 6.61 Å². The number of piperazine rings is 1. The van der Waals surface area contributed by atoms with Crippen LogP contribution < -0.4 is 4.74 Å². The van der Waals surface area contributed by atoms with Gasteiger partial charge in [0.25, 0.3) is 5.91 Å². The summed E-state index contributed by atoms with van der Waals surface area (Å²) in [7, 11) is 0. The van der Waals surface area contributed by atoms with Crippen molar-refractivity contribution in [2.75, 3.05) is 32.8 Å². The second-order valence-electron chi connectivity index (χ2n) is 6.73. The molecule has 0 saturated carbocycles. The summed E-state index contributed by atoms with van der Waals surface area (Å²) < 4.78 is 18.3. The van der Waals surface area contributed by atoms with E-state index in [4.69, 9.17) is 9.72 Å². The molecule has 1 aromatic heterocycles. The molecule has 4 rings (SSSR count). The molecule has 5 nitrogen and oxygen atoms in total. The van der Waals surface area contributed by atoms with Crippen molar-refractivity contribution in [3.8, 4) is 5.75 Å². The Morgan fingerprint density at radius 2 is 1.92 bits per heavy atom. The molecule has 2 aliphatic rings. The molecular formula is C19H22FN3O2S. The number of carbonyl (C=O) groups is 1. The minimum atomic E-state index is -0.315. The lowest BCUT2D eigenvalue weighted by atomic mass is 10.3. The van der Waals surface area contributed by atoms with Crippen LogP contribution in [-0.2, 0) is 24.2 Å². The van der Waals surface area contributed by atoms with E-state index in [9.17, 15) is 9.18 Å². The fourth-order valence-corrected chi connectivity index (χ4v) is 4.62. The van der Waals surface area contributed by atoms with E-state index in [0.717, 1.165) is 26.1 Å². The van der Waals surface area contributed by atoms with Crippen LogP contribution in [0.3, 0.4) is 0 Å². The van der Waals surface area contributed by atoms with E-state index in [-0.39, 0.29) is 18.3 Å². The Morgan fingerprint density at radius 3 is 2.65 bits per heavy atom. The van der Waals surface area contributed by atoms with E-state index >= 15 is 0 Å². The molecular weight excluding hydrogens is 353 g/mol. The Labute approximate surface area is 156 Å². The molecule has 1 saturated heterocycles. The van der Waals surface area contributed by atoms with E-state index in [0.29, 0.717) is 18.8 Å². The average molecular weight is 375 g/mol. The third-order valence-corrected chi connectivity index (χ3v) is 6.04. The van der Waals surface area contributed by atoms with Crippen molar-refractivity contribution >= 4 is 17.2 Å². The van der Waals surface area contributed by atoms with Crippen LogP contribution in [0.15, 0.2) is 24.3 Å². The van der Waals surface area contributed by atoms with Gasteiger partial charge in [-0.2, -0.15) is 0 Å². The predicted molar refractivity (Wildman–Crippen MR) is 97.9 cm³/mol. The maximum Gasteiger partial charge on any atom is 0.260 e. The van der Waals surface area contributed by atoms with Crippen molar-refractivity contribution in [1.29, 1.82) is 0 Å². The smallest absolute Gasteiger partial charge is 0.260 e. The lowest BCUT2D eigenvalue weighted by molar-refractivity contribution is -0.135. The van der Waals surface area contributed by atoms with Crippen molar-refractivity contribution in [2.24, 2.45) is 0 Å². The molecule has 0 N–H and O–H groups in total. The number of rotatable bonds is 5. The second-order valence-corrected chi connectivity index (χ2v) is 7.90. The highest BCUT2D eigenvalue weighted by molar-refractivity contribution is 7.11. The zero-order valence-electron chi connectivity index (χ0n) is 14.6. The van der Waals surface area contributed by atoms with Crippen molar-refractivity contribution in [3.63, 3.8) is 0 Å². The minimum absolute atomic E-state index is 0.00909. The van der Waals surface area contributed by atoms with Crippen LogP contribution in [0.4, 0.5) is 4.39 Å². The normalized spacial score (nSPS) is 17.3. The predicted octanol–water partition coefficient (Wildman–Crippen LogP) is 2.49. The van der Waals surface area contributed by atoms with Crippen LogP contribution in [0.2, 0.25) is 0 Å². The number of amides is 1. The summed E-state index contributed by atoms with van der Waals surface area (Å²) in [6, 6.07) is 5.72. The monoisotopic (exact) mass is 375 g/mol. The summed E-state index contributed by atoms with van der Waals surface area (Å²) in [5, 5.41) is 1.20. The Balaban J connectivity index is 1.22. The van der Waals surface area contributed by atoms with Gasteiger partial charge in [-0.15, -0.1) is 11.3 Å². The highest BCUT2D eigenvalue weighted by Gasteiger charge is 2.23. The summed E-state index contributed by atoms with van der Waals surface area (Å²) in [4.78, 5) is 22.7. The van der Waals surface area contributed by atoms with E-state index in [2.05, 4.69) is 4.90 Å². The van der Waals surface area contributed by atoms with Gasteiger partial charge in [0.1, 0.15) is 16.6 Å². The largest absolute Gasteiger partial charge is 0.484 e. The number of ether oxygens (including phenoxy) is 1. The van der Waals surface area contributed by atoms with Gasteiger partial charge in [-0.05, 0) is 43.5 Å². The minimum Gasteiger partial charge on any atom is -0.484 e. The number of benzene rings is 1. The van der Waals surface area contributed by atoms with Crippen LogP contribution in [0, 0.1) is 5.82 Å². The summed E-state index contributed by atoms with van der Waals surface area (Å²) in [6.45, 7) is 3.99. The van der Waals surface area contributed by atoms with E-state index < -0.39 is 0 Å². The lowest BCUT2D eigenvalue weighted by Crippen LogP contribution is -2.49. The summed E-state index contributed by atoms with van der Waals surface area (Å²) in [5.41, 5.74) is 1.30. The van der Waals surface area contributed by atoms with Crippen LogP contribution in [0.1, 0.15) is 22.0 Å². The zero-order valence-corrected chi connectivity index (χ0v) is 15.4. The third kappa shape index (κ3) is 4.04. The highest BCUT2D eigenvalue weighted by atomic mass is 32.1. The molecule has 26 heavy (non-hydrogen) atoms. The fraction of sp³-hybridized carbons (Fsp3) is 0.474. The molecule has 0 spiro atoms. The molecule has 7 heteroatoms. The Hall–Kier alpha value is -1.99. The molecule has 1 aliphatic heterocycles. The Kier molecular flexibility index (Phi) is 5.17. The molecule has 2 aromatic rings. The number of fused-ring (bicyclic) bond motifs is 1. The molecule has 1 aliphatic carbocycles. The van der Waals surface area contributed by atoms with Crippen molar-refractivity contribution in [2.45, 2.75) is 25.8 Å². The maximum atomic E-state index is 12.9. The third-order valence-electron chi connectivity index (χ3n) is 4.90. The van der Waals surface area contributed by atoms with E-state index in [1.807, 2.05) is 16.2 Å². The molecule has 138 valence electrons. The quantitative estimate of drug-likeness (QED) is 0.806. The topological polar surface area (TPSA) is 45.7 Å². The summed E-state index contributed by atoms with van der Waals surface area (Å²) in [5.74, 6) is 0.169. The van der Waals surface area contributed by atoms with Gasteiger partial charge in [0.05, 0.1) is 12.2 Å². The van der Waals surface area contributed by atoms with Crippen LogP contribution in [-0.4, -0.2) is 53.5 Å². The number of thiazole rings is 1. The number of nitrogens with zero attached hydrogens (tertiary/aromatic N) is 3. The lowest BCUT2D eigenvalue weighted by Gasteiger charge is -2.34. The second kappa shape index (κ2) is 7.72. The van der Waals surface area contributed by atoms with Gasteiger partial charge in [-0.25, -0.2) is 9.37 Å².